The molecule has 1 amide bonds. The number of anilines is 1. The summed E-state index contributed by atoms with van der Waals surface area (Å²) in [5.74, 6) is 0.433. The van der Waals surface area contributed by atoms with E-state index in [-0.39, 0.29) is 10.9 Å². The number of aromatic hydroxyl groups is 1. The summed E-state index contributed by atoms with van der Waals surface area (Å²) in [7, 11) is 2.98. The predicted molar refractivity (Wildman–Crippen MR) is 96.3 cm³/mol. The largest absolute Gasteiger partial charge is 0.506 e. The number of benzene rings is 2. The van der Waals surface area contributed by atoms with Crippen molar-refractivity contribution in [3.8, 4) is 17.2 Å². The van der Waals surface area contributed by atoms with Gasteiger partial charge in [0.25, 0.3) is 5.91 Å². The van der Waals surface area contributed by atoms with E-state index in [0.717, 1.165) is 0 Å². The van der Waals surface area contributed by atoms with Gasteiger partial charge in [0.05, 0.1) is 19.9 Å². The summed E-state index contributed by atoms with van der Waals surface area (Å²) in [5.41, 5.74) is 0.642. The summed E-state index contributed by atoms with van der Waals surface area (Å²) >= 11 is 10.8. The van der Waals surface area contributed by atoms with Crippen molar-refractivity contribution >= 4 is 40.5 Å². The molecule has 8 heteroatoms. The van der Waals surface area contributed by atoms with E-state index >= 15 is 0 Å². The number of phenols is 1. The van der Waals surface area contributed by atoms with Crippen molar-refractivity contribution in [3.63, 3.8) is 0 Å². The molecule has 2 aromatic carbocycles. The molecule has 0 radical (unpaired) electrons. The Morgan fingerprint density at radius 3 is 2.29 bits per heavy atom. The fraction of sp³-hybridized carbons (Fsp3) is 0.125. The third kappa shape index (κ3) is 4.50. The minimum atomic E-state index is -0.446. The van der Waals surface area contributed by atoms with Gasteiger partial charge in [-0.25, -0.2) is 0 Å². The average Bonchev–Trinajstić information content (AvgIpc) is 2.56. The van der Waals surface area contributed by atoms with Crippen LogP contribution in [0.1, 0.15) is 10.4 Å². The van der Waals surface area contributed by atoms with Gasteiger partial charge in [-0.05, 0) is 36.5 Å². The lowest BCUT2D eigenvalue weighted by Crippen LogP contribution is -2.34. The predicted octanol–water partition coefficient (Wildman–Crippen LogP) is 3.19. The maximum Gasteiger partial charge on any atom is 0.257 e. The summed E-state index contributed by atoms with van der Waals surface area (Å²) in [6.07, 6.45) is 0. The van der Waals surface area contributed by atoms with Crippen LogP contribution in [0.25, 0.3) is 0 Å². The SMILES string of the molecule is COc1cc(OC)cc(C(=O)NC(=S)Nc2ccc(Cl)cc2O)c1. The molecular formula is C16H15ClN2O4S. The zero-order chi connectivity index (χ0) is 17.7. The summed E-state index contributed by atoms with van der Waals surface area (Å²) in [4.78, 5) is 12.3. The van der Waals surface area contributed by atoms with E-state index in [4.69, 9.17) is 33.3 Å². The Balaban J connectivity index is 2.10. The maximum absolute atomic E-state index is 12.3. The van der Waals surface area contributed by atoms with E-state index in [1.807, 2.05) is 0 Å². The van der Waals surface area contributed by atoms with Crippen molar-refractivity contribution in [1.82, 2.24) is 5.32 Å². The lowest BCUT2D eigenvalue weighted by Gasteiger charge is -2.12. The van der Waals surface area contributed by atoms with E-state index in [9.17, 15) is 9.90 Å². The van der Waals surface area contributed by atoms with Crippen LogP contribution in [0.3, 0.4) is 0 Å². The minimum absolute atomic E-state index is 0.0272. The fourth-order valence-corrected chi connectivity index (χ4v) is 2.25. The molecule has 2 rings (SSSR count). The molecule has 0 aliphatic rings. The molecule has 0 saturated heterocycles. The number of methoxy groups -OCH3 is 2. The highest BCUT2D eigenvalue weighted by Crippen LogP contribution is 2.26. The number of nitrogens with one attached hydrogen (secondary N) is 2. The highest BCUT2D eigenvalue weighted by molar-refractivity contribution is 7.80. The Kier molecular flexibility index (Phi) is 5.83. The number of halogens is 1. The number of amides is 1. The van der Waals surface area contributed by atoms with Crippen molar-refractivity contribution < 1.29 is 19.4 Å². The molecule has 0 bridgehead atoms. The molecule has 0 saturated carbocycles. The van der Waals surface area contributed by atoms with Gasteiger partial charge in [0.2, 0.25) is 0 Å². The molecule has 0 aliphatic carbocycles. The quantitative estimate of drug-likeness (QED) is 0.569. The van der Waals surface area contributed by atoms with Crippen LogP contribution in [0, 0.1) is 0 Å². The lowest BCUT2D eigenvalue weighted by molar-refractivity contribution is 0.0977. The standard InChI is InChI=1S/C16H15ClN2O4S/c1-22-11-5-9(6-12(8-11)23-2)15(21)19-16(24)18-13-4-3-10(17)7-14(13)20/h3-8,20H,1-2H3,(H2,18,19,21,24). The number of carbonyl (C=O) groups excluding carboxylic acids is 1. The average molecular weight is 367 g/mol. The number of hydrogen-bond donors (Lipinski definition) is 3. The molecule has 0 unspecified atom stereocenters. The van der Waals surface area contributed by atoms with Gasteiger partial charge in [0.15, 0.2) is 5.11 Å². The van der Waals surface area contributed by atoms with Crippen LogP contribution in [0.4, 0.5) is 5.69 Å². The highest BCUT2D eigenvalue weighted by atomic mass is 35.5. The van der Waals surface area contributed by atoms with Gasteiger partial charge >= 0.3 is 0 Å². The molecule has 0 fully saturated rings. The van der Waals surface area contributed by atoms with Crippen molar-refractivity contribution in [2.24, 2.45) is 0 Å². The molecule has 0 aromatic heterocycles. The molecule has 0 atom stereocenters. The molecule has 0 aliphatic heterocycles. The molecule has 2 aromatic rings. The number of hydrogen-bond acceptors (Lipinski definition) is 5. The molecule has 126 valence electrons. The number of rotatable bonds is 4. The zero-order valence-corrected chi connectivity index (χ0v) is 14.5. The molecule has 3 N–H and O–H groups in total. The van der Waals surface area contributed by atoms with E-state index < -0.39 is 5.91 Å². The molecule has 24 heavy (non-hydrogen) atoms. The van der Waals surface area contributed by atoms with Crippen LogP contribution < -0.4 is 20.1 Å². The molecule has 0 spiro atoms. The Morgan fingerprint density at radius 2 is 1.75 bits per heavy atom. The summed E-state index contributed by atoms with van der Waals surface area (Å²) in [5, 5.41) is 15.4. The summed E-state index contributed by atoms with van der Waals surface area (Å²) < 4.78 is 10.2. The lowest BCUT2D eigenvalue weighted by atomic mass is 10.2. The minimum Gasteiger partial charge on any atom is -0.506 e. The van der Waals surface area contributed by atoms with E-state index in [2.05, 4.69) is 10.6 Å². The first-order chi connectivity index (χ1) is 11.4. The van der Waals surface area contributed by atoms with Crippen LogP contribution >= 0.6 is 23.8 Å². The van der Waals surface area contributed by atoms with Crippen molar-refractivity contribution in [2.45, 2.75) is 0 Å². The topological polar surface area (TPSA) is 79.8 Å². The first kappa shape index (κ1) is 17.8. The third-order valence-corrected chi connectivity index (χ3v) is 3.49. The van der Waals surface area contributed by atoms with Gasteiger partial charge in [0, 0.05) is 22.7 Å². The Hall–Kier alpha value is -2.51. The second kappa shape index (κ2) is 7.85. The number of thiocarbonyl (C=S) groups is 1. The number of carbonyl (C=O) groups is 1. The van der Waals surface area contributed by atoms with Gasteiger partial charge in [-0.15, -0.1) is 0 Å². The number of phenolic OH excluding ortho intramolecular Hbond substituents is 1. The fourth-order valence-electron chi connectivity index (χ4n) is 1.88. The molecular weight excluding hydrogens is 352 g/mol. The van der Waals surface area contributed by atoms with E-state index in [1.165, 1.54) is 20.3 Å². The normalized spacial score (nSPS) is 9.96. The van der Waals surface area contributed by atoms with Crippen LogP contribution in [-0.2, 0) is 0 Å². The molecule has 0 heterocycles. The van der Waals surface area contributed by atoms with E-state index in [0.29, 0.717) is 27.8 Å². The van der Waals surface area contributed by atoms with Crippen LogP contribution in [0.15, 0.2) is 36.4 Å². The van der Waals surface area contributed by atoms with Gasteiger partial charge in [-0.3, -0.25) is 10.1 Å². The second-order valence-electron chi connectivity index (χ2n) is 4.67. The zero-order valence-electron chi connectivity index (χ0n) is 12.9. The third-order valence-electron chi connectivity index (χ3n) is 3.05. The van der Waals surface area contributed by atoms with Crippen LogP contribution in [-0.4, -0.2) is 30.3 Å². The maximum atomic E-state index is 12.3. The Morgan fingerprint density at radius 1 is 1.12 bits per heavy atom. The summed E-state index contributed by atoms with van der Waals surface area (Å²) in [6, 6.07) is 9.26. The van der Waals surface area contributed by atoms with Gasteiger partial charge < -0.3 is 19.9 Å². The van der Waals surface area contributed by atoms with Gasteiger partial charge in [0.1, 0.15) is 17.2 Å². The first-order valence-electron chi connectivity index (χ1n) is 6.77. The van der Waals surface area contributed by atoms with Crippen molar-refractivity contribution in [1.29, 1.82) is 0 Å². The number of ether oxygens (including phenoxy) is 2. The second-order valence-corrected chi connectivity index (χ2v) is 5.52. The van der Waals surface area contributed by atoms with E-state index in [1.54, 1.807) is 30.3 Å². The van der Waals surface area contributed by atoms with Crippen LogP contribution in [0.5, 0.6) is 17.2 Å². The Bertz CT molecular complexity index is 760. The van der Waals surface area contributed by atoms with Crippen LogP contribution in [0.2, 0.25) is 5.02 Å². The first-order valence-corrected chi connectivity index (χ1v) is 7.55. The van der Waals surface area contributed by atoms with Crippen molar-refractivity contribution in [2.75, 3.05) is 19.5 Å². The van der Waals surface area contributed by atoms with Gasteiger partial charge in [-0.1, -0.05) is 11.6 Å². The van der Waals surface area contributed by atoms with Crippen molar-refractivity contribution in [3.05, 3.63) is 47.0 Å². The highest BCUT2D eigenvalue weighted by Gasteiger charge is 2.12. The van der Waals surface area contributed by atoms with Gasteiger partial charge in [-0.2, -0.15) is 0 Å². The monoisotopic (exact) mass is 366 g/mol. The summed E-state index contributed by atoms with van der Waals surface area (Å²) in [6.45, 7) is 0. The Labute approximate surface area is 149 Å². The molecule has 6 nitrogen and oxygen atoms in total. The smallest absolute Gasteiger partial charge is 0.257 e.